The fraction of sp³-hybridized carbons (Fsp3) is 0.500. The van der Waals surface area contributed by atoms with E-state index in [1.54, 1.807) is 7.11 Å². The van der Waals surface area contributed by atoms with Crippen molar-refractivity contribution < 1.29 is 14.6 Å². The van der Waals surface area contributed by atoms with Crippen LogP contribution in [0.5, 0.6) is 5.75 Å². The summed E-state index contributed by atoms with van der Waals surface area (Å²) >= 11 is 0. The molecule has 1 aromatic carbocycles. The maximum atomic E-state index is 11.0. The Bertz CT molecular complexity index is 400. The van der Waals surface area contributed by atoms with Gasteiger partial charge in [-0.1, -0.05) is 12.5 Å². The Labute approximate surface area is 101 Å². The van der Waals surface area contributed by atoms with Gasteiger partial charge < -0.3 is 9.84 Å². The Hall–Kier alpha value is -1.35. The quantitative estimate of drug-likeness (QED) is 0.817. The van der Waals surface area contributed by atoms with E-state index in [1.165, 1.54) is 0 Å². The average molecular weight is 234 g/mol. The van der Waals surface area contributed by atoms with Crippen molar-refractivity contribution in [2.45, 2.75) is 37.7 Å². The van der Waals surface area contributed by atoms with E-state index < -0.39 is 0 Å². The lowest BCUT2D eigenvalue weighted by Crippen LogP contribution is -2.18. The zero-order valence-electron chi connectivity index (χ0n) is 10.1. The summed E-state index contributed by atoms with van der Waals surface area (Å²) in [5.41, 5.74) is 1.72. The summed E-state index contributed by atoms with van der Waals surface area (Å²) in [5.74, 6) is 0.975. The Morgan fingerprint density at radius 2 is 2.24 bits per heavy atom. The van der Waals surface area contributed by atoms with Crippen LogP contribution >= 0.6 is 0 Å². The number of hydrogen-bond acceptors (Lipinski definition) is 3. The molecule has 0 radical (unpaired) electrons. The van der Waals surface area contributed by atoms with E-state index in [9.17, 15) is 9.90 Å². The van der Waals surface area contributed by atoms with Crippen LogP contribution in [0, 0.1) is 0 Å². The Morgan fingerprint density at radius 3 is 2.88 bits per heavy atom. The van der Waals surface area contributed by atoms with Crippen molar-refractivity contribution >= 4 is 6.29 Å². The van der Waals surface area contributed by atoms with Gasteiger partial charge in [0, 0.05) is 0 Å². The van der Waals surface area contributed by atoms with Crippen LogP contribution in [0.25, 0.3) is 0 Å². The SMILES string of the molecule is COc1ccc(C2CCCC(O)C2)cc1C=O. The van der Waals surface area contributed by atoms with Crippen LogP contribution in [0.1, 0.15) is 47.5 Å². The average Bonchev–Trinajstić information content (AvgIpc) is 2.38. The van der Waals surface area contributed by atoms with Gasteiger partial charge in [0.25, 0.3) is 0 Å². The van der Waals surface area contributed by atoms with Crippen LogP contribution in [-0.4, -0.2) is 24.6 Å². The standard InChI is InChI=1S/C14H18O3/c1-17-14-6-5-11(7-12(14)9-15)10-3-2-4-13(16)8-10/h5-7,9-10,13,16H,2-4,8H2,1H3. The van der Waals surface area contributed by atoms with E-state index in [0.717, 1.165) is 37.5 Å². The van der Waals surface area contributed by atoms with Crippen LogP contribution < -0.4 is 4.74 Å². The lowest BCUT2D eigenvalue weighted by molar-refractivity contribution is 0.112. The first-order chi connectivity index (χ1) is 8.24. The topological polar surface area (TPSA) is 46.5 Å². The van der Waals surface area contributed by atoms with E-state index in [1.807, 2.05) is 18.2 Å². The van der Waals surface area contributed by atoms with Crippen LogP contribution in [0.3, 0.4) is 0 Å². The third kappa shape index (κ3) is 2.67. The van der Waals surface area contributed by atoms with Gasteiger partial charge in [-0.15, -0.1) is 0 Å². The monoisotopic (exact) mass is 234 g/mol. The van der Waals surface area contributed by atoms with Gasteiger partial charge in [0.15, 0.2) is 6.29 Å². The third-order valence-electron chi connectivity index (χ3n) is 3.50. The van der Waals surface area contributed by atoms with E-state index in [0.29, 0.717) is 17.2 Å². The second kappa shape index (κ2) is 5.32. The normalized spacial score (nSPS) is 24.4. The van der Waals surface area contributed by atoms with Gasteiger partial charge in [-0.25, -0.2) is 0 Å². The molecule has 1 aliphatic carbocycles. The number of aldehydes is 1. The summed E-state index contributed by atoms with van der Waals surface area (Å²) < 4.78 is 5.12. The first-order valence-electron chi connectivity index (χ1n) is 6.05. The van der Waals surface area contributed by atoms with E-state index in [2.05, 4.69) is 0 Å². The molecule has 0 saturated heterocycles. The highest BCUT2D eigenvalue weighted by molar-refractivity contribution is 5.79. The smallest absolute Gasteiger partial charge is 0.153 e. The van der Waals surface area contributed by atoms with E-state index >= 15 is 0 Å². The minimum atomic E-state index is -0.199. The molecule has 2 rings (SSSR count). The molecule has 0 amide bonds. The maximum Gasteiger partial charge on any atom is 0.153 e. The number of carbonyl (C=O) groups excluding carboxylic acids is 1. The number of carbonyl (C=O) groups is 1. The van der Waals surface area contributed by atoms with Gasteiger partial charge in [0.1, 0.15) is 5.75 Å². The van der Waals surface area contributed by atoms with Gasteiger partial charge in [-0.3, -0.25) is 4.79 Å². The predicted octanol–water partition coefficient (Wildman–Crippen LogP) is 2.53. The summed E-state index contributed by atoms with van der Waals surface area (Å²) in [5, 5.41) is 9.67. The number of aliphatic hydroxyl groups excluding tert-OH is 1. The first-order valence-corrected chi connectivity index (χ1v) is 6.05. The summed E-state index contributed by atoms with van der Waals surface area (Å²) in [6.45, 7) is 0. The fourth-order valence-electron chi connectivity index (χ4n) is 2.57. The van der Waals surface area contributed by atoms with Crippen molar-refractivity contribution in [1.29, 1.82) is 0 Å². The van der Waals surface area contributed by atoms with Crippen molar-refractivity contribution in [3.05, 3.63) is 29.3 Å². The molecule has 1 aliphatic rings. The van der Waals surface area contributed by atoms with E-state index in [4.69, 9.17) is 4.74 Å². The Morgan fingerprint density at radius 1 is 1.41 bits per heavy atom. The first kappa shape index (κ1) is 12.1. The molecule has 0 aliphatic heterocycles. The molecule has 3 heteroatoms. The lowest BCUT2D eigenvalue weighted by atomic mass is 9.82. The molecule has 0 spiro atoms. The predicted molar refractivity (Wildman–Crippen MR) is 65.6 cm³/mol. The number of rotatable bonds is 3. The summed E-state index contributed by atoms with van der Waals surface area (Å²) in [6.07, 6.45) is 4.45. The summed E-state index contributed by atoms with van der Waals surface area (Å²) in [7, 11) is 1.56. The molecule has 1 saturated carbocycles. The molecule has 1 fully saturated rings. The second-order valence-corrected chi connectivity index (χ2v) is 4.64. The lowest BCUT2D eigenvalue weighted by Gasteiger charge is -2.26. The molecule has 2 atom stereocenters. The van der Waals surface area contributed by atoms with Crippen molar-refractivity contribution in [2.24, 2.45) is 0 Å². The van der Waals surface area contributed by atoms with Gasteiger partial charge in [-0.05, 0) is 42.9 Å². The molecule has 17 heavy (non-hydrogen) atoms. The number of hydrogen-bond donors (Lipinski definition) is 1. The molecule has 92 valence electrons. The van der Waals surface area contributed by atoms with Crippen LogP contribution in [0.15, 0.2) is 18.2 Å². The molecule has 1 N–H and O–H groups in total. The van der Waals surface area contributed by atoms with Gasteiger partial charge in [0.2, 0.25) is 0 Å². The molecule has 2 unspecified atom stereocenters. The highest BCUT2D eigenvalue weighted by Gasteiger charge is 2.22. The summed E-state index contributed by atoms with van der Waals surface area (Å²) in [4.78, 5) is 11.0. The van der Waals surface area contributed by atoms with E-state index in [-0.39, 0.29) is 6.10 Å². The molecular weight excluding hydrogens is 216 g/mol. The number of benzene rings is 1. The molecule has 0 bridgehead atoms. The molecule has 0 aromatic heterocycles. The highest BCUT2D eigenvalue weighted by atomic mass is 16.5. The van der Waals surface area contributed by atoms with Crippen LogP contribution in [0.4, 0.5) is 0 Å². The van der Waals surface area contributed by atoms with Crippen LogP contribution in [-0.2, 0) is 0 Å². The Balaban J connectivity index is 2.23. The fourth-order valence-corrected chi connectivity index (χ4v) is 2.57. The number of ether oxygens (including phenoxy) is 1. The van der Waals surface area contributed by atoms with Gasteiger partial charge in [0.05, 0.1) is 18.8 Å². The second-order valence-electron chi connectivity index (χ2n) is 4.64. The third-order valence-corrected chi connectivity index (χ3v) is 3.50. The van der Waals surface area contributed by atoms with Gasteiger partial charge >= 0.3 is 0 Å². The highest BCUT2D eigenvalue weighted by Crippen LogP contribution is 2.34. The van der Waals surface area contributed by atoms with Gasteiger partial charge in [-0.2, -0.15) is 0 Å². The minimum Gasteiger partial charge on any atom is -0.496 e. The Kier molecular flexibility index (Phi) is 3.79. The van der Waals surface area contributed by atoms with Crippen molar-refractivity contribution in [3.8, 4) is 5.75 Å². The molecular formula is C14H18O3. The number of methoxy groups -OCH3 is 1. The zero-order valence-corrected chi connectivity index (χ0v) is 10.1. The molecule has 3 nitrogen and oxygen atoms in total. The van der Waals surface area contributed by atoms with Crippen LogP contribution in [0.2, 0.25) is 0 Å². The van der Waals surface area contributed by atoms with Crippen molar-refractivity contribution in [2.75, 3.05) is 7.11 Å². The maximum absolute atomic E-state index is 11.0. The van der Waals surface area contributed by atoms with Crippen molar-refractivity contribution in [1.82, 2.24) is 0 Å². The summed E-state index contributed by atoms with van der Waals surface area (Å²) in [6, 6.07) is 5.71. The van der Waals surface area contributed by atoms with Crippen molar-refractivity contribution in [3.63, 3.8) is 0 Å². The largest absolute Gasteiger partial charge is 0.496 e. The minimum absolute atomic E-state index is 0.199. The molecule has 1 aromatic rings. The molecule has 0 heterocycles. The number of aliphatic hydroxyl groups is 1. The zero-order chi connectivity index (χ0) is 12.3.